The first-order valence-electron chi connectivity index (χ1n) is 7.41. The number of benzene rings is 2. The van der Waals surface area contributed by atoms with E-state index in [0.717, 1.165) is 16.3 Å². The SMILES string of the molecule is Cc1nc(C(=O)N2Cc3ccccc3Oc3ccc(Cl)cc32)cs1. The number of carbonyl (C=O) groups excluding carboxylic acids is 1. The van der Waals surface area contributed by atoms with Crippen LogP contribution in [0.25, 0.3) is 0 Å². The monoisotopic (exact) mass is 356 g/mol. The molecule has 2 aromatic carbocycles. The highest BCUT2D eigenvalue weighted by atomic mass is 35.5. The van der Waals surface area contributed by atoms with Crippen LogP contribution in [0.15, 0.2) is 47.8 Å². The molecular weight excluding hydrogens is 344 g/mol. The van der Waals surface area contributed by atoms with Crippen LogP contribution in [-0.4, -0.2) is 10.9 Å². The van der Waals surface area contributed by atoms with Gasteiger partial charge in [0.15, 0.2) is 5.75 Å². The van der Waals surface area contributed by atoms with Crippen LogP contribution in [0, 0.1) is 6.92 Å². The van der Waals surface area contributed by atoms with Crippen molar-refractivity contribution in [2.24, 2.45) is 0 Å². The molecule has 0 saturated heterocycles. The van der Waals surface area contributed by atoms with Gasteiger partial charge in [-0.2, -0.15) is 0 Å². The smallest absolute Gasteiger partial charge is 0.278 e. The second kappa shape index (κ2) is 5.92. The fourth-order valence-electron chi connectivity index (χ4n) is 2.68. The van der Waals surface area contributed by atoms with Crippen molar-refractivity contribution >= 4 is 34.5 Å². The van der Waals surface area contributed by atoms with Crippen LogP contribution in [0.4, 0.5) is 5.69 Å². The van der Waals surface area contributed by atoms with Crippen molar-refractivity contribution in [3.63, 3.8) is 0 Å². The molecule has 0 bridgehead atoms. The second-order valence-corrected chi connectivity index (χ2v) is 6.96. The molecule has 0 aliphatic carbocycles. The van der Waals surface area contributed by atoms with E-state index in [4.69, 9.17) is 16.3 Å². The summed E-state index contributed by atoms with van der Waals surface area (Å²) in [4.78, 5) is 19.0. The van der Waals surface area contributed by atoms with Gasteiger partial charge in [0.05, 0.1) is 17.2 Å². The minimum Gasteiger partial charge on any atom is -0.455 e. The number of nitrogens with zero attached hydrogens (tertiary/aromatic N) is 2. The lowest BCUT2D eigenvalue weighted by atomic mass is 10.2. The number of rotatable bonds is 1. The van der Waals surface area contributed by atoms with Gasteiger partial charge >= 0.3 is 0 Å². The summed E-state index contributed by atoms with van der Waals surface area (Å²) in [5, 5.41) is 3.19. The second-order valence-electron chi connectivity index (χ2n) is 5.46. The third-order valence-electron chi connectivity index (χ3n) is 3.82. The topological polar surface area (TPSA) is 42.4 Å². The van der Waals surface area contributed by atoms with E-state index in [9.17, 15) is 4.79 Å². The molecule has 1 aromatic heterocycles. The van der Waals surface area contributed by atoms with E-state index < -0.39 is 0 Å². The van der Waals surface area contributed by atoms with E-state index in [0.29, 0.717) is 28.7 Å². The van der Waals surface area contributed by atoms with Gasteiger partial charge in [-0.3, -0.25) is 9.69 Å². The zero-order chi connectivity index (χ0) is 16.7. The Hall–Kier alpha value is -2.37. The molecule has 0 radical (unpaired) electrons. The number of halogens is 1. The van der Waals surface area contributed by atoms with Crippen molar-refractivity contribution in [1.82, 2.24) is 4.98 Å². The van der Waals surface area contributed by atoms with Gasteiger partial charge in [-0.25, -0.2) is 4.98 Å². The number of fused-ring (bicyclic) bond motifs is 2. The van der Waals surface area contributed by atoms with E-state index in [1.54, 1.807) is 28.5 Å². The van der Waals surface area contributed by atoms with Crippen molar-refractivity contribution in [1.29, 1.82) is 0 Å². The Morgan fingerprint density at radius 3 is 2.88 bits per heavy atom. The van der Waals surface area contributed by atoms with E-state index in [2.05, 4.69) is 4.98 Å². The minimum atomic E-state index is -0.164. The van der Waals surface area contributed by atoms with Gasteiger partial charge in [0.2, 0.25) is 0 Å². The molecule has 2 heterocycles. The van der Waals surface area contributed by atoms with Crippen LogP contribution in [0.2, 0.25) is 5.02 Å². The highest BCUT2D eigenvalue weighted by Gasteiger charge is 2.27. The third-order valence-corrected chi connectivity index (χ3v) is 4.82. The fourth-order valence-corrected chi connectivity index (χ4v) is 3.43. The van der Waals surface area contributed by atoms with E-state index in [1.807, 2.05) is 31.2 Å². The Balaban J connectivity index is 1.85. The number of aryl methyl sites for hydroxylation is 1. The first-order valence-corrected chi connectivity index (χ1v) is 8.67. The minimum absolute atomic E-state index is 0.164. The number of amides is 1. The standard InChI is InChI=1S/C18H13ClN2O2S/c1-11-20-14(10-24-11)18(22)21-9-12-4-2-3-5-16(12)23-17-7-6-13(19)8-15(17)21/h2-8,10H,9H2,1H3. The van der Waals surface area contributed by atoms with Crippen LogP contribution in [0.1, 0.15) is 21.1 Å². The van der Waals surface area contributed by atoms with Gasteiger partial charge in [-0.15, -0.1) is 11.3 Å². The molecule has 4 nitrogen and oxygen atoms in total. The van der Waals surface area contributed by atoms with E-state index in [-0.39, 0.29) is 5.91 Å². The van der Waals surface area contributed by atoms with Crippen LogP contribution in [-0.2, 0) is 6.54 Å². The molecule has 0 unspecified atom stereocenters. The summed E-state index contributed by atoms with van der Waals surface area (Å²) in [6.45, 7) is 2.28. The summed E-state index contributed by atoms with van der Waals surface area (Å²) in [6, 6.07) is 13.0. The number of hydrogen-bond donors (Lipinski definition) is 0. The molecular formula is C18H13ClN2O2S. The molecule has 0 saturated carbocycles. The Morgan fingerprint density at radius 1 is 1.25 bits per heavy atom. The maximum absolute atomic E-state index is 13.0. The van der Waals surface area contributed by atoms with E-state index >= 15 is 0 Å². The van der Waals surface area contributed by atoms with Crippen LogP contribution < -0.4 is 9.64 Å². The summed E-state index contributed by atoms with van der Waals surface area (Å²) < 4.78 is 6.01. The quantitative estimate of drug-likeness (QED) is 0.612. The predicted octanol–water partition coefficient (Wildman–Crippen LogP) is 5.06. The Bertz CT molecular complexity index is 938. The lowest BCUT2D eigenvalue weighted by Gasteiger charge is -2.21. The summed E-state index contributed by atoms with van der Waals surface area (Å²) in [6.07, 6.45) is 0. The molecule has 1 aliphatic heterocycles. The Kier molecular flexibility index (Phi) is 3.75. The van der Waals surface area contributed by atoms with Crippen LogP contribution >= 0.6 is 22.9 Å². The molecule has 0 N–H and O–H groups in total. The number of anilines is 1. The summed E-state index contributed by atoms with van der Waals surface area (Å²) in [7, 11) is 0. The number of ether oxygens (including phenoxy) is 1. The number of carbonyl (C=O) groups is 1. The molecule has 0 atom stereocenters. The van der Waals surface area contributed by atoms with Crippen LogP contribution in [0.3, 0.4) is 0 Å². The fraction of sp³-hybridized carbons (Fsp3) is 0.111. The van der Waals surface area contributed by atoms with Crippen molar-refractivity contribution in [3.8, 4) is 11.5 Å². The van der Waals surface area contributed by atoms with Gasteiger partial charge in [0, 0.05) is 16.0 Å². The molecule has 1 aliphatic rings. The summed E-state index contributed by atoms with van der Waals surface area (Å²) in [5.41, 5.74) is 2.02. The van der Waals surface area contributed by atoms with Gasteiger partial charge in [-0.05, 0) is 31.2 Å². The van der Waals surface area contributed by atoms with Gasteiger partial charge < -0.3 is 4.74 Å². The predicted molar refractivity (Wildman–Crippen MR) is 95.3 cm³/mol. The van der Waals surface area contributed by atoms with Crippen LogP contribution in [0.5, 0.6) is 11.5 Å². The van der Waals surface area contributed by atoms with Crippen molar-refractivity contribution < 1.29 is 9.53 Å². The molecule has 4 rings (SSSR count). The van der Waals surface area contributed by atoms with E-state index in [1.165, 1.54) is 11.3 Å². The molecule has 3 aromatic rings. The molecule has 0 fully saturated rings. The first kappa shape index (κ1) is 15.2. The zero-order valence-corrected chi connectivity index (χ0v) is 14.4. The molecule has 0 spiro atoms. The molecule has 6 heteroatoms. The molecule has 120 valence electrons. The average Bonchev–Trinajstić information content (AvgIpc) is 2.94. The number of aromatic nitrogens is 1. The third kappa shape index (κ3) is 2.66. The van der Waals surface area contributed by atoms with Gasteiger partial charge in [0.1, 0.15) is 11.4 Å². The number of hydrogen-bond acceptors (Lipinski definition) is 4. The van der Waals surface area contributed by atoms with Crippen molar-refractivity contribution in [3.05, 3.63) is 69.1 Å². The number of thiazole rings is 1. The maximum atomic E-state index is 13.0. The highest BCUT2D eigenvalue weighted by molar-refractivity contribution is 7.09. The highest BCUT2D eigenvalue weighted by Crippen LogP contribution is 2.40. The lowest BCUT2D eigenvalue weighted by Crippen LogP contribution is -2.30. The largest absolute Gasteiger partial charge is 0.455 e. The molecule has 24 heavy (non-hydrogen) atoms. The lowest BCUT2D eigenvalue weighted by molar-refractivity contribution is 0.0981. The first-order chi connectivity index (χ1) is 11.6. The molecule has 1 amide bonds. The maximum Gasteiger partial charge on any atom is 0.278 e. The van der Waals surface area contributed by atoms with Gasteiger partial charge in [-0.1, -0.05) is 29.8 Å². The normalized spacial score (nSPS) is 12.8. The van der Waals surface area contributed by atoms with Gasteiger partial charge in [0.25, 0.3) is 5.91 Å². The average molecular weight is 357 g/mol. The Morgan fingerprint density at radius 2 is 2.08 bits per heavy atom. The Labute approximate surface area is 148 Å². The summed E-state index contributed by atoms with van der Waals surface area (Å²) >= 11 is 7.61. The number of para-hydroxylation sites is 1. The van der Waals surface area contributed by atoms with Crippen molar-refractivity contribution in [2.75, 3.05) is 4.90 Å². The zero-order valence-electron chi connectivity index (χ0n) is 12.8. The summed E-state index contributed by atoms with van der Waals surface area (Å²) in [5.74, 6) is 1.18. The van der Waals surface area contributed by atoms with Crippen molar-refractivity contribution in [2.45, 2.75) is 13.5 Å².